The Morgan fingerprint density at radius 2 is 1.57 bits per heavy atom. The van der Waals surface area contributed by atoms with Crippen molar-refractivity contribution in [1.29, 1.82) is 0 Å². The zero-order chi connectivity index (χ0) is 10.3. The lowest BCUT2D eigenvalue weighted by molar-refractivity contribution is 0.506. The highest BCUT2D eigenvalue weighted by atomic mass is 19.2. The molecule has 2 rings (SSSR count). The second-order valence-corrected chi connectivity index (χ2v) is 2.96. The van der Waals surface area contributed by atoms with E-state index in [0.717, 1.165) is 0 Å². The summed E-state index contributed by atoms with van der Waals surface area (Å²) in [6.45, 7) is 0. The van der Waals surface area contributed by atoms with E-state index in [4.69, 9.17) is 5.73 Å². The van der Waals surface area contributed by atoms with Crippen molar-refractivity contribution in [1.82, 2.24) is 0 Å². The van der Waals surface area contributed by atoms with Gasteiger partial charge in [0.05, 0.1) is 0 Å². The molecule has 2 aromatic rings. The number of rotatable bonds is 0. The lowest BCUT2D eigenvalue weighted by Gasteiger charge is -2.03. The Balaban J connectivity index is 2.94. The first kappa shape index (κ1) is 8.87. The molecule has 0 fully saturated rings. The molecule has 0 saturated carbocycles. The predicted octanol–water partition coefficient (Wildman–Crippen LogP) is 2.84. The Hall–Kier alpha value is -1.71. The highest BCUT2D eigenvalue weighted by molar-refractivity contribution is 5.86. The van der Waals surface area contributed by atoms with E-state index < -0.39 is 17.5 Å². The van der Waals surface area contributed by atoms with Crippen molar-refractivity contribution in [3.8, 4) is 0 Å². The molecule has 0 aliphatic heterocycles. The third-order valence-corrected chi connectivity index (χ3v) is 2.00. The van der Waals surface area contributed by atoms with Gasteiger partial charge in [0.25, 0.3) is 0 Å². The van der Waals surface area contributed by atoms with Crippen LogP contribution in [0.1, 0.15) is 0 Å². The molecule has 2 N–H and O–H groups in total. The van der Waals surface area contributed by atoms with Gasteiger partial charge in [0.15, 0.2) is 11.6 Å². The number of halogens is 3. The van der Waals surface area contributed by atoms with Gasteiger partial charge in [-0.2, -0.15) is 0 Å². The van der Waals surface area contributed by atoms with Crippen LogP contribution in [-0.2, 0) is 0 Å². The normalized spacial score (nSPS) is 10.8. The van der Waals surface area contributed by atoms with Crippen molar-refractivity contribution < 1.29 is 13.2 Å². The third kappa shape index (κ3) is 1.19. The summed E-state index contributed by atoms with van der Waals surface area (Å²) in [4.78, 5) is 0. The van der Waals surface area contributed by atoms with E-state index in [-0.39, 0.29) is 10.8 Å². The van der Waals surface area contributed by atoms with E-state index in [1.165, 1.54) is 18.2 Å². The molecule has 0 aliphatic rings. The van der Waals surface area contributed by atoms with Gasteiger partial charge < -0.3 is 5.73 Å². The number of fused-ring (bicyclic) bond motifs is 1. The topological polar surface area (TPSA) is 26.0 Å². The molecule has 2 aromatic carbocycles. The maximum Gasteiger partial charge on any atom is 0.166 e. The first-order chi connectivity index (χ1) is 6.59. The molecule has 4 heteroatoms. The molecule has 0 unspecified atom stereocenters. The summed E-state index contributed by atoms with van der Waals surface area (Å²) < 4.78 is 39.0. The maximum atomic E-state index is 13.1. The molecule has 0 aliphatic carbocycles. The highest BCUT2D eigenvalue weighted by Gasteiger charge is 2.11. The van der Waals surface area contributed by atoms with Crippen LogP contribution in [0.4, 0.5) is 18.9 Å². The van der Waals surface area contributed by atoms with Crippen LogP contribution in [0, 0.1) is 17.5 Å². The van der Waals surface area contributed by atoms with Crippen LogP contribution in [0.15, 0.2) is 24.3 Å². The van der Waals surface area contributed by atoms with Crippen molar-refractivity contribution in [2.24, 2.45) is 0 Å². The van der Waals surface area contributed by atoms with E-state index in [1.807, 2.05) is 0 Å². The molecule has 0 bridgehead atoms. The monoisotopic (exact) mass is 197 g/mol. The SMILES string of the molecule is Nc1ccc2c(F)c(F)cc(F)c2c1. The van der Waals surface area contributed by atoms with Crippen molar-refractivity contribution >= 4 is 16.5 Å². The van der Waals surface area contributed by atoms with Crippen LogP contribution in [0.2, 0.25) is 0 Å². The molecule has 0 heterocycles. The summed E-state index contributed by atoms with van der Waals surface area (Å²) in [7, 11) is 0. The third-order valence-electron chi connectivity index (χ3n) is 2.00. The number of benzene rings is 2. The molecule has 0 spiro atoms. The van der Waals surface area contributed by atoms with Crippen LogP contribution in [0.5, 0.6) is 0 Å². The summed E-state index contributed by atoms with van der Waals surface area (Å²) >= 11 is 0. The van der Waals surface area contributed by atoms with Crippen LogP contribution in [0.25, 0.3) is 10.8 Å². The molecule has 0 aromatic heterocycles. The summed E-state index contributed by atoms with van der Waals surface area (Å²) in [5.74, 6) is -3.06. The first-order valence-electron chi connectivity index (χ1n) is 3.92. The number of nitrogens with two attached hydrogens (primary N) is 1. The second-order valence-electron chi connectivity index (χ2n) is 2.96. The van der Waals surface area contributed by atoms with Gasteiger partial charge in [-0.25, -0.2) is 13.2 Å². The Morgan fingerprint density at radius 3 is 2.29 bits per heavy atom. The zero-order valence-corrected chi connectivity index (χ0v) is 7.02. The second kappa shape index (κ2) is 2.90. The van der Waals surface area contributed by atoms with Crippen LogP contribution < -0.4 is 5.73 Å². The molecule has 0 atom stereocenters. The Bertz CT molecular complexity index is 508. The summed E-state index contributed by atoms with van der Waals surface area (Å²) in [5, 5.41) is -0.111. The van der Waals surface area contributed by atoms with Gasteiger partial charge in [0.2, 0.25) is 0 Å². The van der Waals surface area contributed by atoms with Gasteiger partial charge in [-0.15, -0.1) is 0 Å². The fraction of sp³-hybridized carbons (Fsp3) is 0. The van der Waals surface area contributed by atoms with Crippen LogP contribution in [-0.4, -0.2) is 0 Å². The van der Waals surface area contributed by atoms with E-state index in [0.29, 0.717) is 11.8 Å². The number of hydrogen-bond acceptors (Lipinski definition) is 1. The van der Waals surface area contributed by atoms with E-state index in [1.54, 1.807) is 0 Å². The van der Waals surface area contributed by atoms with Gasteiger partial charge in [-0.3, -0.25) is 0 Å². The van der Waals surface area contributed by atoms with Crippen LogP contribution in [0.3, 0.4) is 0 Å². The van der Waals surface area contributed by atoms with Crippen molar-refractivity contribution in [3.05, 3.63) is 41.7 Å². The average molecular weight is 197 g/mol. The fourth-order valence-electron chi connectivity index (χ4n) is 1.33. The number of nitrogen functional groups attached to an aromatic ring is 1. The quantitative estimate of drug-likeness (QED) is 0.510. The van der Waals surface area contributed by atoms with Gasteiger partial charge in [-0.1, -0.05) is 0 Å². The van der Waals surface area contributed by atoms with Gasteiger partial charge in [0, 0.05) is 22.5 Å². The lowest BCUT2D eigenvalue weighted by atomic mass is 10.1. The Labute approximate surface area is 77.9 Å². The average Bonchev–Trinajstić information content (AvgIpc) is 2.14. The van der Waals surface area contributed by atoms with Gasteiger partial charge >= 0.3 is 0 Å². The largest absolute Gasteiger partial charge is 0.399 e. The summed E-state index contributed by atoms with van der Waals surface area (Å²) in [5.41, 5.74) is 5.71. The minimum Gasteiger partial charge on any atom is -0.399 e. The maximum absolute atomic E-state index is 13.1. The number of anilines is 1. The van der Waals surface area contributed by atoms with Crippen LogP contribution >= 0.6 is 0 Å². The minimum atomic E-state index is -1.19. The van der Waals surface area contributed by atoms with E-state index in [9.17, 15) is 13.2 Å². The number of hydrogen-bond donors (Lipinski definition) is 1. The fourth-order valence-corrected chi connectivity index (χ4v) is 1.33. The first-order valence-corrected chi connectivity index (χ1v) is 3.92. The van der Waals surface area contributed by atoms with Gasteiger partial charge in [-0.05, 0) is 18.2 Å². The van der Waals surface area contributed by atoms with Crippen molar-refractivity contribution in [3.63, 3.8) is 0 Å². The van der Waals surface area contributed by atoms with Gasteiger partial charge in [0.1, 0.15) is 5.82 Å². The lowest BCUT2D eigenvalue weighted by Crippen LogP contribution is -1.92. The van der Waals surface area contributed by atoms with Crippen molar-refractivity contribution in [2.75, 3.05) is 5.73 Å². The molecule has 0 saturated heterocycles. The summed E-state index contributed by atoms with van der Waals surface area (Å²) in [6.07, 6.45) is 0. The van der Waals surface area contributed by atoms with E-state index >= 15 is 0 Å². The molecular weight excluding hydrogens is 191 g/mol. The zero-order valence-electron chi connectivity index (χ0n) is 7.02. The Morgan fingerprint density at radius 1 is 0.857 bits per heavy atom. The predicted molar refractivity (Wildman–Crippen MR) is 48.2 cm³/mol. The molecule has 0 radical (unpaired) electrons. The standard InChI is InChI=1S/C10H6F3N/c11-8-4-9(12)10(13)6-2-1-5(14)3-7(6)8/h1-4H,14H2. The molecule has 72 valence electrons. The van der Waals surface area contributed by atoms with E-state index in [2.05, 4.69) is 0 Å². The molecule has 14 heavy (non-hydrogen) atoms. The highest BCUT2D eigenvalue weighted by Crippen LogP contribution is 2.25. The smallest absolute Gasteiger partial charge is 0.166 e. The Kier molecular flexibility index (Phi) is 1.84. The van der Waals surface area contributed by atoms with Crippen molar-refractivity contribution in [2.45, 2.75) is 0 Å². The molecule has 0 amide bonds. The molecule has 1 nitrogen and oxygen atoms in total. The molecular formula is C10H6F3N. The minimum absolute atomic E-state index is 0.0103. The summed E-state index contributed by atoms with van der Waals surface area (Å²) in [6, 6.07) is 4.43.